The van der Waals surface area contributed by atoms with Crippen molar-refractivity contribution in [3.63, 3.8) is 0 Å². The van der Waals surface area contributed by atoms with Crippen LogP contribution in [-0.4, -0.2) is 39.6 Å². The third-order valence-electron chi connectivity index (χ3n) is 3.98. The van der Waals surface area contributed by atoms with Crippen LogP contribution in [0.5, 0.6) is 0 Å². The van der Waals surface area contributed by atoms with Crippen molar-refractivity contribution in [3.05, 3.63) is 28.8 Å². The number of amides is 1. The maximum absolute atomic E-state index is 12.5. The number of sulfonamides is 1. The Balaban J connectivity index is 1.86. The van der Waals surface area contributed by atoms with Crippen LogP contribution in [0.15, 0.2) is 17.0 Å². The van der Waals surface area contributed by atoms with Crippen molar-refractivity contribution in [2.24, 2.45) is 0 Å². The van der Waals surface area contributed by atoms with Crippen molar-refractivity contribution in [3.8, 4) is 0 Å². The van der Waals surface area contributed by atoms with Gasteiger partial charge in [0.15, 0.2) is 0 Å². The number of hydrogen-bond acceptors (Lipinski definition) is 4. The van der Waals surface area contributed by atoms with Gasteiger partial charge in [-0.3, -0.25) is 4.79 Å². The van der Waals surface area contributed by atoms with E-state index in [0.717, 1.165) is 12.0 Å². The number of carbonyl (C=O) groups excluding carboxylic acids is 1. The number of hydrogen-bond donors (Lipinski definition) is 2. The minimum atomic E-state index is -3.62. The van der Waals surface area contributed by atoms with Crippen molar-refractivity contribution in [2.45, 2.75) is 57.6 Å². The van der Waals surface area contributed by atoms with Crippen molar-refractivity contribution >= 4 is 15.9 Å². The molecule has 1 amide bonds. The van der Waals surface area contributed by atoms with Crippen LogP contribution in [0.2, 0.25) is 0 Å². The second-order valence-corrected chi connectivity index (χ2v) is 7.98. The van der Waals surface area contributed by atoms with Crippen molar-refractivity contribution in [1.82, 2.24) is 10.0 Å². The molecule has 0 aliphatic heterocycles. The summed E-state index contributed by atoms with van der Waals surface area (Å²) in [6.45, 7) is 8.12. The molecule has 1 aromatic rings. The second kappa shape index (κ2) is 7.63. The molecule has 1 aromatic carbocycles. The molecule has 6 nitrogen and oxygen atoms in total. The summed E-state index contributed by atoms with van der Waals surface area (Å²) in [5.74, 6) is -0.165. The Hall–Kier alpha value is -1.44. The molecular formula is C17H26N2O4S. The van der Waals surface area contributed by atoms with Gasteiger partial charge in [-0.1, -0.05) is 17.7 Å². The fourth-order valence-corrected chi connectivity index (χ4v) is 4.44. The Morgan fingerprint density at radius 3 is 2.46 bits per heavy atom. The van der Waals surface area contributed by atoms with Crippen LogP contribution < -0.4 is 10.0 Å². The summed E-state index contributed by atoms with van der Waals surface area (Å²) in [5.41, 5.74) is 2.44. The minimum absolute atomic E-state index is 0.0654. The van der Waals surface area contributed by atoms with Crippen LogP contribution in [-0.2, 0) is 19.6 Å². The van der Waals surface area contributed by atoms with Gasteiger partial charge in [-0.2, -0.15) is 0 Å². The SMILES string of the molecule is CCOC1CC1NC(=O)CCNS(=O)(=O)c1c(C)cc(C)cc1C. The predicted octanol–water partition coefficient (Wildman–Crippen LogP) is 1.57. The van der Waals surface area contributed by atoms with E-state index in [9.17, 15) is 13.2 Å². The zero-order valence-corrected chi connectivity index (χ0v) is 15.5. The molecule has 2 unspecified atom stereocenters. The Bertz CT molecular complexity index is 692. The lowest BCUT2D eigenvalue weighted by molar-refractivity contribution is -0.121. The van der Waals surface area contributed by atoms with Gasteiger partial charge in [0.25, 0.3) is 0 Å². The van der Waals surface area contributed by atoms with Gasteiger partial charge in [-0.05, 0) is 45.2 Å². The summed E-state index contributed by atoms with van der Waals surface area (Å²) in [5, 5.41) is 2.85. The van der Waals surface area contributed by atoms with Gasteiger partial charge < -0.3 is 10.1 Å². The largest absolute Gasteiger partial charge is 0.376 e. The van der Waals surface area contributed by atoms with Crippen molar-refractivity contribution < 1.29 is 17.9 Å². The van der Waals surface area contributed by atoms with E-state index in [-0.39, 0.29) is 31.0 Å². The third-order valence-corrected chi connectivity index (χ3v) is 5.74. The highest BCUT2D eigenvalue weighted by Crippen LogP contribution is 2.25. The molecule has 0 spiro atoms. The van der Waals surface area contributed by atoms with E-state index in [1.54, 1.807) is 13.8 Å². The van der Waals surface area contributed by atoms with Gasteiger partial charge in [-0.25, -0.2) is 13.1 Å². The van der Waals surface area contributed by atoms with E-state index >= 15 is 0 Å². The highest BCUT2D eigenvalue weighted by molar-refractivity contribution is 7.89. The van der Waals surface area contributed by atoms with E-state index in [0.29, 0.717) is 22.6 Å². The second-order valence-electron chi connectivity index (χ2n) is 6.28. The van der Waals surface area contributed by atoms with Gasteiger partial charge in [0.05, 0.1) is 17.0 Å². The Morgan fingerprint density at radius 2 is 1.88 bits per heavy atom. The Labute approximate surface area is 144 Å². The van der Waals surface area contributed by atoms with E-state index in [1.165, 1.54) is 0 Å². The molecule has 0 bridgehead atoms. The fourth-order valence-electron chi connectivity index (χ4n) is 2.96. The summed E-state index contributed by atoms with van der Waals surface area (Å²) in [6, 6.07) is 3.75. The molecule has 0 aromatic heterocycles. The van der Waals surface area contributed by atoms with Crippen LogP contribution in [0, 0.1) is 20.8 Å². The third kappa shape index (κ3) is 4.78. The van der Waals surface area contributed by atoms with E-state index in [2.05, 4.69) is 10.0 Å². The molecule has 24 heavy (non-hydrogen) atoms. The summed E-state index contributed by atoms with van der Waals surface area (Å²) in [7, 11) is -3.62. The molecule has 0 heterocycles. The van der Waals surface area contributed by atoms with Crippen LogP contribution in [0.4, 0.5) is 0 Å². The number of nitrogens with one attached hydrogen (secondary N) is 2. The highest BCUT2D eigenvalue weighted by atomic mass is 32.2. The summed E-state index contributed by atoms with van der Waals surface area (Å²) >= 11 is 0. The maximum Gasteiger partial charge on any atom is 0.241 e. The molecule has 1 saturated carbocycles. The molecular weight excluding hydrogens is 328 g/mol. The lowest BCUT2D eigenvalue weighted by Gasteiger charge is -2.13. The molecule has 0 radical (unpaired) electrons. The van der Waals surface area contributed by atoms with Crippen LogP contribution in [0.25, 0.3) is 0 Å². The molecule has 134 valence electrons. The van der Waals surface area contributed by atoms with E-state index in [1.807, 2.05) is 26.0 Å². The summed E-state index contributed by atoms with van der Waals surface area (Å²) in [4.78, 5) is 12.1. The molecule has 2 N–H and O–H groups in total. The fraction of sp³-hybridized carbons (Fsp3) is 0.588. The van der Waals surface area contributed by atoms with E-state index in [4.69, 9.17) is 4.74 Å². The topological polar surface area (TPSA) is 84.5 Å². The molecule has 2 atom stereocenters. The molecule has 1 fully saturated rings. The number of carbonyl (C=O) groups is 1. The minimum Gasteiger partial charge on any atom is -0.376 e. The number of benzene rings is 1. The maximum atomic E-state index is 12.5. The predicted molar refractivity (Wildman–Crippen MR) is 92.4 cm³/mol. The molecule has 1 aliphatic rings. The Kier molecular flexibility index (Phi) is 6.01. The summed E-state index contributed by atoms with van der Waals surface area (Å²) < 4.78 is 32.9. The quantitative estimate of drug-likeness (QED) is 0.742. The number of rotatable bonds is 8. The smallest absolute Gasteiger partial charge is 0.241 e. The average Bonchev–Trinajstić information content (AvgIpc) is 3.14. The molecule has 0 saturated heterocycles. The van der Waals surface area contributed by atoms with Crippen LogP contribution in [0.3, 0.4) is 0 Å². The number of aryl methyl sites for hydroxylation is 3. The van der Waals surface area contributed by atoms with Gasteiger partial charge >= 0.3 is 0 Å². The van der Waals surface area contributed by atoms with Crippen molar-refractivity contribution in [1.29, 1.82) is 0 Å². The highest BCUT2D eigenvalue weighted by Gasteiger charge is 2.38. The molecule has 7 heteroatoms. The summed E-state index contributed by atoms with van der Waals surface area (Å²) in [6.07, 6.45) is 1.04. The van der Waals surface area contributed by atoms with E-state index < -0.39 is 10.0 Å². The number of ether oxygens (including phenoxy) is 1. The lowest BCUT2D eigenvalue weighted by Crippen LogP contribution is -2.33. The zero-order chi connectivity index (χ0) is 17.9. The zero-order valence-electron chi connectivity index (χ0n) is 14.7. The lowest BCUT2D eigenvalue weighted by atomic mass is 10.1. The first-order valence-corrected chi connectivity index (χ1v) is 9.71. The molecule has 2 rings (SSSR count). The van der Waals surface area contributed by atoms with Gasteiger partial charge in [0.1, 0.15) is 0 Å². The van der Waals surface area contributed by atoms with Gasteiger partial charge in [0, 0.05) is 19.6 Å². The standard InChI is InChI=1S/C17H26N2O4S/c1-5-23-15-10-14(15)19-16(20)6-7-18-24(21,22)17-12(3)8-11(2)9-13(17)4/h8-9,14-15,18H,5-7,10H2,1-4H3,(H,19,20). The average molecular weight is 354 g/mol. The Morgan fingerprint density at radius 1 is 1.25 bits per heavy atom. The van der Waals surface area contributed by atoms with Crippen molar-refractivity contribution in [2.75, 3.05) is 13.2 Å². The van der Waals surface area contributed by atoms with Gasteiger partial charge in [0.2, 0.25) is 15.9 Å². The van der Waals surface area contributed by atoms with Gasteiger partial charge in [-0.15, -0.1) is 0 Å². The van der Waals surface area contributed by atoms with Crippen LogP contribution in [0.1, 0.15) is 36.5 Å². The van der Waals surface area contributed by atoms with Crippen LogP contribution >= 0.6 is 0 Å². The first kappa shape index (κ1) is 18.9. The normalized spacial score (nSPS) is 20.0. The first-order valence-electron chi connectivity index (χ1n) is 8.23. The monoisotopic (exact) mass is 354 g/mol. The first-order chi connectivity index (χ1) is 11.2. The molecule has 1 aliphatic carbocycles.